The SMILES string of the molecule is Cc1cccc2ncc(C(=O)NC3CCCCCC3)c(=O)n12. The fraction of sp³-hybridized carbons (Fsp3) is 0.471. The van der Waals surface area contributed by atoms with E-state index in [1.165, 1.54) is 23.4 Å². The van der Waals surface area contributed by atoms with Crippen LogP contribution in [0.3, 0.4) is 0 Å². The Morgan fingerprint density at radius 2 is 1.95 bits per heavy atom. The number of hydrogen-bond donors (Lipinski definition) is 1. The standard InChI is InChI=1S/C17H21N3O2/c1-12-7-6-10-15-18-11-14(17(22)20(12)15)16(21)19-13-8-4-2-3-5-9-13/h6-7,10-11,13H,2-5,8-9H2,1H3,(H,19,21). The number of amides is 1. The Hall–Kier alpha value is -2.17. The van der Waals surface area contributed by atoms with E-state index in [0.717, 1.165) is 31.4 Å². The van der Waals surface area contributed by atoms with Gasteiger partial charge in [-0.15, -0.1) is 0 Å². The van der Waals surface area contributed by atoms with Crippen molar-refractivity contribution >= 4 is 11.6 Å². The molecular weight excluding hydrogens is 278 g/mol. The Kier molecular flexibility index (Phi) is 4.22. The van der Waals surface area contributed by atoms with Crippen LogP contribution >= 0.6 is 0 Å². The Bertz CT molecular complexity index is 743. The van der Waals surface area contributed by atoms with Crippen LogP contribution in [0.25, 0.3) is 5.65 Å². The zero-order valence-electron chi connectivity index (χ0n) is 12.8. The van der Waals surface area contributed by atoms with Gasteiger partial charge in [0.25, 0.3) is 11.5 Å². The highest BCUT2D eigenvalue weighted by Gasteiger charge is 2.19. The van der Waals surface area contributed by atoms with Crippen LogP contribution in [0.1, 0.15) is 54.6 Å². The molecule has 0 radical (unpaired) electrons. The van der Waals surface area contributed by atoms with Crippen molar-refractivity contribution in [2.24, 2.45) is 0 Å². The lowest BCUT2D eigenvalue weighted by atomic mass is 10.1. The van der Waals surface area contributed by atoms with Crippen LogP contribution in [-0.2, 0) is 0 Å². The first-order valence-corrected chi connectivity index (χ1v) is 7.95. The molecule has 116 valence electrons. The summed E-state index contributed by atoms with van der Waals surface area (Å²) in [5, 5.41) is 3.01. The Balaban J connectivity index is 1.89. The minimum Gasteiger partial charge on any atom is -0.349 e. The summed E-state index contributed by atoms with van der Waals surface area (Å²) < 4.78 is 1.49. The molecule has 1 fully saturated rings. The molecule has 22 heavy (non-hydrogen) atoms. The molecule has 0 unspecified atom stereocenters. The van der Waals surface area contributed by atoms with Gasteiger partial charge in [-0.3, -0.25) is 14.0 Å². The number of nitrogens with one attached hydrogen (secondary N) is 1. The first kappa shape index (κ1) is 14.8. The number of carbonyl (C=O) groups excluding carboxylic acids is 1. The summed E-state index contributed by atoms with van der Waals surface area (Å²) in [7, 11) is 0. The molecule has 2 aromatic rings. The van der Waals surface area contributed by atoms with E-state index in [1.807, 2.05) is 19.1 Å². The molecule has 1 aliphatic rings. The number of aromatic nitrogens is 2. The second-order valence-electron chi connectivity index (χ2n) is 6.00. The van der Waals surface area contributed by atoms with Crippen molar-refractivity contribution in [3.05, 3.63) is 46.0 Å². The van der Waals surface area contributed by atoms with Crippen LogP contribution in [0.15, 0.2) is 29.2 Å². The maximum atomic E-state index is 12.6. The molecule has 0 bridgehead atoms. The number of pyridine rings is 1. The van der Waals surface area contributed by atoms with E-state index in [-0.39, 0.29) is 23.1 Å². The lowest BCUT2D eigenvalue weighted by Crippen LogP contribution is -2.38. The van der Waals surface area contributed by atoms with Crippen molar-refractivity contribution in [1.29, 1.82) is 0 Å². The Morgan fingerprint density at radius 3 is 2.68 bits per heavy atom. The van der Waals surface area contributed by atoms with Gasteiger partial charge >= 0.3 is 0 Å². The zero-order valence-corrected chi connectivity index (χ0v) is 12.8. The van der Waals surface area contributed by atoms with Gasteiger partial charge in [-0.25, -0.2) is 4.98 Å². The highest BCUT2D eigenvalue weighted by atomic mass is 16.2. The molecule has 2 aromatic heterocycles. The normalized spacial score (nSPS) is 16.4. The van der Waals surface area contributed by atoms with E-state index in [2.05, 4.69) is 10.3 Å². The number of fused-ring (bicyclic) bond motifs is 1. The van der Waals surface area contributed by atoms with Crippen molar-refractivity contribution in [2.45, 2.75) is 51.5 Å². The number of aryl methyl sites for hydroxylation is 1. The van der Waals surface area contributed by atoms with Crippen molar-refractivity contribution in [1.82, 2.24) is 14.7 Å². The van der Waals surface area contributed by atoms with Gasteiger partial charge in [0, 0.05) is 17.9 Å². The second kappa shape index (κ2) is 6.30. The maximum absolute atomic E-state index is 12.6. The molecule has 5 nitrogen and oxygen atoms in total. The van der Waals surface area contributed by atoms with Crippen molar-refractivity contribution < 1.29 is 4.79 Å². The summed E-state index contributed by atoms with van der Waals surface area (Å²) in [6.07, 6.45) is 8.11. The van der Waals surface area contributed by atoms with Crippen LogP contribution in [0, 0.1) is 6.92 Å². The van der Waals surface area contributed by atoms with E-state index >= 15 is 0 Å². The van der Waals surface area contributed by atoms with E-state index in [0.29, 0.717) is 5.65 Å². The average Bonchev–Trinajstić information content (AvgIpc) is 2.76. The summed E-state index contributed by atoms with van der Waals surface area (Å²) in [4.78, 5) is 29.2. The monoisotopic (exact) mass is 299 g/mol. The highest BCUT2D eigenvalue weighted by molar-refractivity contribution is 5.93. The van der Waals surface area contributed by atoms with Gasteiger partial charge in [-0.1, -0.05) is 31.7 Å². The van der Waals surface area contributed by atoms with Crippen molar-refractivity contribution in [3.63, 3.8) is 0 Å². The molecule has 0 spiro atoms. The Morgan fingerprint density at radius 1 is 1.23 bits per heavy atom. The van der Waals surface area contributed by atoms with Crippen LogP contribution in [-0.4, -0.2) is 21.3 Å². The number of carbonyl (C=O) groups is 1. The molecule has 0 aromatic carbocycles. The summed E-state index contributed by atoms with van der Waals surface area (Å²) in [5.41, 5.74) is 1.17. The average molecular weight is 299 g/mol. The molecule has 5 heteroatoms. The van der Waals surface area contributed by atoms with Gasteiger partial charge in [-0.05, 0) is 31.9 Å². The van der Waals surface area contributed by atoms with Gasteiger partial charge in [0.05, 0.1) is 0 Å². The third-order valence-corrected chi connectivity index (χ3v) is 4.36. The van der Waals surface area contributed by atoms with Crippen LogP contribution in [0.2, 0.25) is 0 Å². The van der Waals surface area contributed by atoms with Gasteiger partial charge in [0.1, 0.15) is 11.2 Å². The van der Waals surface area contributed by atoms with E-state index in [1.54, 1.807) is 6.07 Å². The number of nitrogens with zero attached hydrogens (tertiary/aromatic N) is 2. The fourth-order valence-corrected chi connectivity index (χ4v) is 3.12. The third-order valence-electron chi connectivity index (χ3n) is 4.36. The van der Waals surface area contributed by atoms with Crippen LogP contribution in [0.4, 0.5) is 0 Å². The summed E-state index contributed by atoms with van der Waals surface area (Å²) in [6.45, 7) is 1.84. The smallest absolute Gasteiger partial charge is 0.270 e. The predicted molar refractivity (Wildman–Crippen MR) is 85.2 cm³/mol. The van der Waals surface area contributed by atoms with E-state index in [9.17, 15) is 9.59 Å². The molecule has 1 saturated carbocycles. The zero-order chi connectivity index (χ0) is 15.5. The molecule has 1 aliphatic carbocycles. The third kappa shape index (κ3) is 2.89. The molecule has 0 atom stereocenters. The van der Waals surface area contributed by atoms with Gasteiger partial charge < -0.3 is 5.32 Å². The van der Waals surface area contributed by atoms with Gasteiger partial charge in [-0.2, -0.15) is 0 Å². The molecule has 0 aliphatic heterocycles. The summed E-state index contributed by atoms with van der Waals surface area (Å²) >= 11 is 0. The van der Waals surface area contributed by atoms with Crippen molar-refractivity contribution in [3.8, 4) is 0 Å². The first-order valence-electron chi connectivity index (χ1n) is 7.95. The van der Waals surface area contributed by atoms with E-state index in [4.69, 9.17) is 0 Å². The minimum absolute atomic E-state index is 0.121. The second-order valence-corrected chi connectivity index (χ2v) is 6.00. The van der Waals surface area contributed by atoms with Crippen LogP contribution in [0.5, 0.6) is 0 Å². The van der Waals surface area contributed by atoms with Gasteiger partial charge in [0.15, 0.2) is 0 Å². The molecule has 2 heterocycles. The number of hydrogen-bond acceptors (Lipinski definition) is 3. The molecule has 3 rings (SSSR count). The van der Waals surface area contributed by atoms with Gasteiger partial charge in [0.2, 0.25) is 0 Å². The first-order chi connectivity index (χ1) is 10.7. The lowest BCUT2D eigenvalue weighted by Gasteiger charge is -2.16. The number of rotatable bonds is 2. The van der Waals surface area contributed by atoms with E-state index < -0.39 is 0 Å². The minimum atomic E-state index is -0.304. The highest BCUT2D eigenvalue weighted by Crippen LogP contribution is 2.17. The quantitative estimate of drug-likeness (QED) is 0.866. The summed E-state index contributed by atoms with van der Waals surface area (Å²) in [5.74, 6) is -0.304. The topological polar surface area (TPSA) is 63.5 Å². The summed E-state index contributed by atoms with van der Waals surface area (Å²) in [6, 6.07) is 5.62. The molecular formula is C17H21N3O2. The fourth-order valence-electron chi connectivity index (χ4n) is 3.12. The largest absolute Gasteiger partial charge is 0.349 e. The molecule has 0 saturated heterocycles. The van der Waals surface area contributed by atoms with Crippen molar-refractivity contribution in [2.75, 3.05) is 0 Å². The molecule has 1 N–H and O–H groups in total. The maximum Gasteiger partial charge on any atom is 0.270 e. The van der Waals surface area contributed by atoms with Crippen LogP contribution < -0.4 is 10.9 Å². The Labute approximate surface area is 129 Å². The molecule has 1 amide bonds. The lowest BCUT2D eigenvalue weighted by molar-refractivity contribution is 0.0931. The predicted octanol–water partition coefficient (Wildman–Crippen LogP) is 2.46.